The highest BCUT2D eigenvalue weighted by Gasteiger charge is 2.13. The van der Waals surface area contributed by atoms with Crippen molar-refractivity contribution in [1.82, 2.24) is 0 Å². The summed E-state index contributed by atoms with van der Waals surface area (Å²) in [4.78, 5) is 0. The van der Waals surface area contributed by atoms with E-state index < -0.39 is 0 Å². The van der Waals surface area contributed by atoms with Gasteiger partial charge in [-0.15, -0.1) is 0 Å². The first-order valence-corrected chi connectivity index (χ1v) is 7.67. The van der Waals surface area contributed by atoms with Gasteiger partial charge in [0.2, 0.25) is 0 Å². The highest BCUT2D eigenvalue weighted by atomic mass is 79.9. The van der Waals surface area contributed by atoms with Gasteiger partial charge in [-0.3, -0.25) is 0 Å². The monoisotopic (exact) mass is 370 g/mol. The quantitative estimate of drug-likeness (QED) is 0.639. The van der Waals surface area contributed by atoms with Gasteiger partial charge in [-0.1, -0.05) is 62.2 Å². The van der Waals surface area contributed by atoms with Crippen molar-refractivity contribution in [2.45, 2.75) is 12.3 Å². The maximum absolute atomic E-state index is 13.7. The van der Waals surface area contributed by atoms with Crippen molar-refractivity contribution < 1.29 is 4.39 Å². The van der Waals surface area contributed by atoms with E-state index >= 15 is 0 Å². The number of halogens is 3. The van der Waals surface area contributed by atoms with Crippen LogP contribution < -0.4 is 0 Å². The van der Waals surface area contributed by atoms with E-state index in [0.29, 0.717) is 6.42 Å². The summed E-state index contributed by atoms with van der Waals surface area (Å²) < 4.78 is 14.7. The Morgan fingerprint density at radius 3 is 2.50 bits per heavy atom. The van der Waals surface area contributed by atoms with Gasteiger partial charge < -0.3 is 0 Å². The molecule has 1 unspecified atom stereocenters. The van der Waals surface area contributed by atoms with Gasteiger partial charge in [-0.05, 0) is 41.7 Å². The van der Waals surface area contributed by atoms with Gasteiger partial charge in [0.1, 0.15) is 5.82 Å². The number of hydrogen-bond acceptors (Lipinski definition) is 0. The minimum absolute atomic E-state index is 0.126. The Morgan fingerprint density at radius 1 is 1.06 bits per heavy atom. The summed E-state index contributed by atoms with van der Waals surface area (Å²) in [6.45, 7) is 0. The largest absolute Gasteiger partial charge is 0.207 e. The molecule has 0 spiro atoms. The molecule has 94 valence electrons. The average molecular weight is 372 g/mol. The maximum atomic E-state index is 13.7. The van der Waals surface area contributed by atoms with E-state index in [1.807, 2.05) is 24.3 Å². The Kier molecular flexibility index (Phi) is 4.95. The summed E-state index contributed by atoms with van der Waals surface area (Å²) in [5.74, 6) is 0.151. The third kappa shape index (κ3) is 3.42. The summed E-state index contributed by atoms with van der Waals surface area (Å²) in [7, 11) is 0. The van der Waals surface area contributed by atoms with E-state index in [4.69, 9.17) is 0 Å². The van der Waals surface area contributed by atoms with Crippen molar-refractivity contribution in [2.75, 3.05) is 5.33 Å². The van der Waals surface area contributed by atoms with E-state index in [1.165, 1.54) is 11.6 Å². The molecule has 0 saturated carbocycles. The highest BCUT2D eigenvalue weighted by Crippen LogP contribution is 2.26. The Labute approximate surface area is 123 Å². The lowest BCUT2D eigenvalue weighted by molar-refractivity contribution is 0.599. The lowest BCUT2D eigenvalue weighted by atomic mass is 9.93. The van der Waals surface area contributed by atoms with Crippen molar-refractivity contribution in [3.63, 3.8) is 0 Å². The van der Waals surface area contributed by atoms with Crippen LogP contribution >= 0.6 is 31.9 Å². The van der Waals surface area contributed by atoms with Gasteiger partial charge >= 0.3 is 0 Å². The maximum Gasteiger partial charge on any atom is 0.126 e. The summed E-state index contributed by atoms with van der Waals surface area (Å²) >= 11 is 6.99. The van der Waals surface area contributed by atoms with Crippen LogP contribution in [0.15, 0.2) is 53.0 Å². The molecule has 0 amide bonds. The van der Waals surface area contributed by atoms with Crippen molar-refractivity contribution >= 4 is 31.9 Å². The van der Waals surface area contributed by atoms with E-state index in [2.05, 4.69) is 44.0 Å². The molecule has 0 aliphatic carbocycles. The van der Waals surface area contributed by atoms with Crippen LogP contribution in [-0.4, -0.2) is 5.33 Å². The number of hydrogen-bond donors (Lipinski definition) is 0. The van der Waals surface area contributed by atoms with E-state index in [1.54, 1.807) is 6.07 Å². The Balaban J connectivity index is 2.23. The van der Waals surface area contributed by atoms with Gasteiger partial charge in [0.15, 0.2) is 0 Å². The molecule has 2 aromatic carbocycles. The predicted octanol–water partition coefficient (Wildman–Crippen LogP) is 5.31. The van der Waals surface area contributed by atoms with Crippen LogP contribution in [0, 0.1) is 5.82 Å². The molecule has 0 aliphatic rings. The highest BCUT2D eigenvalue weighted by molar-refractivity contribution is 9.10. The third-order valence-corrected chi connectivity index (χ3v) is 4.21. The summed E-state index contributed by atoms with van der Waals surface area (Å²) in [5.41, 5.74) is 1.98. The zero-order valence-corrected chi connectivity index (χ0v) is 12.9. The molecule has 0 bridgehead atoms. The number of alkyl halides is 1. The second-order valence-corrected chi connectivity index (χ2v) is 5.76. The predicted molar refractivity (Wildman–Crippen MR) is 80.8 cm³/mol. The molecule has 1 atom stereocenters. The normalized spacial score (nSPS) is 12.4. The minimum Gasteiger partial charge on any atom is -0.207 e. The molecule has 3 heteroatoms. The number of rotatable bonds is 4. The molecule has 0 nitrogen and oxygen atoms in total. The summed E-state index contributed by atoms with van der Waals surface area (Å²) in [6.07, 6.45) is 0.703. The molecular weight excluding hydrogens is 359 g/mol. The molecule has 0 fully saturated rings. The van der Waals surface area contributed by atoms with Crippen molar-refractivity contribution in [3.8, 4) is 0 Å². The molecule has 0 saturated heterocycles. The van der Waals surface area contributed by atoms with Crippen LogP contribution in [0.4, 0.5) is 4.39 Å². The van der Waals surface area contributed by atoms with E-state index in [-0.39, 0.29) is 11.7 Å². The minimum atomic E-state index is -0.126. The Morgan fingerprint density at radius 2 is 1.83 bits per heavy atom. The van der Waals surface area contributed by atoms with Crippen molar-refractivity contribution in [3.05, 3.63) is 69.9 Å². The van der Waals surface area contributed by atoms with Gasteiger partial charge in [0, 0.05) is 9.80 Å². The standard InChI is InChI=1S/C15H13Br2F/c16-10-13(11-5-3-6-14(17)9-11)8-12-4-1-2-7-15(12)18/h1-7,9,13H,8,10H2. The third-order valence-electron chi connectivity index (χ3n) is 2.93. The molecule has 0 heterocycles. The van der Waals surface area contributed by atoms with Crippen LogP contribution in [0.2, 0.25) is 0 Å². The smallest absolute Gasteiger partial charge is 0.126 e. The van der Waals surface area contributed by atoms with Gasteiger partial charge in [-0.25, -0.2) is 4.39 Å². The molecule has 0 aromatic heterocycles. The second-order valence-electron chi connectivity index (χ2n) is 4.20. The molecule has 18 heavy (non-hydrogen) atoms. The molecular formula is C15H13Br2F. The first-order chi connectivity index (χ1) is 8.70. The van der Waals surface area contributed by atoms with Gasteiger partial charge in [0.05, 0.1) is 0 Å². The van der Waals surface area contributed by atoms with Gasteiger partial charge in [0.25, 0.3) is 0 Å². The lowest BCUT2D eigenvalue weighted by Gasteiger charge is -2.15. The fourth-order valence-corrected chi connectivity index (χ4v) is 2.97. The SMILES string of the molecule is Fc1ccccc1CC(CBr)c1cccc(Br)c1. The zero-order chi connectivity index (χ0) is 13.0. The second kappa shape index (κ2) is 6.48. The Hall–Kier alpha value is -0.670. The van der Waals surface area contributed by atoms with Crippen LogP contribution in [0.3, 0.4) is 0 Å². The summed E-state index contributed by atoms with van der Waals surface area (Å²) in [5, 5.41) is 0.817. The van der Waals surface area contributed by atoms with Crippen LogP contribution in [0.25, 0.3) is 0 Å². The topological polar surface area (TPSA) is 0 Å². The summed E-state index contributed by atoms with van der Waals surface area (Å²) in [6, 6.07) is 15.1. The van der Waals surface area contributed by atoms with E-state index in [0.717, 1.165) is 15.4 Å². The van der Waals surface area contributed by atoms with Crippen molar-refractivity contribution in [1.29, 1.82) is 0 Å². The first kappa shape index (κ1) is 13.8. The molecule has 2 rings (SSSR count). The first-order valence-electron chi connectivity index (χ1n) is 5.75. The fourth-order valence-electron chi connectivity index (χ4n) is 1.95. The molecule has 0 radical (unpaired) electrons. The molecule has 2 aromatic rings. The molecule has 0 aliphatic heterocycles. The van der Waals surface area contributed by atoms with E-state index in [9.17, 15) is 4.39 Å². The zero-order valence-electron chi connectivity index (χ0n) is 9.74. The van der Waals surface area contributed by atoms with Crippen LogP contribution in [-0.2, 0) is 6.42 Å². The van der Waals surface area contributed by atoms with Crippen molar-refractivity contribution in [2.24, 2.45) is 0 Å². The van der Waals surface area contributed by atoms with Gasteiger partial charge in [-0.2, -0.15) is 0 Å². The van der Waals surface area contributed by atoms with Crippen LogP contribution in [0.1, 0.15) is 17.0 Å². The Bertz CT molecular complexity index is 525. The fraction of sp³-hybridized carbons (Fsp3) is 0.200. The molecule has 0 N–H and O–H groups in total. The lowest BCUT2D eigenvalue weighted by Crippen LogP contribution is -2.06. The van der Waals surface area contributed by atoms with Crippen LogP contribution in [0.5, 0.6) is 0 Å². The average Bonchev–Trinajstić information content (AvgIpc) is 2.38. The number of benzene rings is 2.